The van der Waals surface area contributed by atoms with Crippen LogP contribution in [0.15, 0.2) is 0 Å². The van der Waals surface area contributed by atoms with Gasteiger partial charge in [-0.2, -0.15) is 0 Å². The maximum Gasteiger partial charge on any atom is 0.224 e. The van der Waals surface area contributed by atoms with Crippen LogP contribution < -0.4 is 11.1 Å². The predicted molar refractivity (Wildman–Crippen MR) is 72.3 cm³/mol. The van der Waals surface area contributed by atoms with Crippen molar-refractivity contribution in [3.8, 4) is 0 Å². The third-order valence-electron chi connectivity index (χ3n) is 3.38. The summed E-state index contributed by atoms with van der Waals surface area (Å²) < 4.78 is 5.42. The first-order valence-corrected chi connectivity index (χ1v) is 6.87. The van der Waals surface area contributed by atoms with Gasteiger partial charge in [-0.3, -0.25) is 4.79 Å². The highest BCUT2D eigenvalue weighted by molar-refractivity contribution is 5.79. The largest absolute Gasteiger partial charge is 0.378 e. The lowest BCUT2D eigenvalue weighted by atomic mass is 9.84. The molecule has 0 aromatic heterocycles. The van der Waals surface area contributed by atoms with Gasteiger partial charge < -0.3 is 20.7 Å². The van der Waals surface area contributed by atoms with E-state index >= 15 is 0 Å². The Labute approximate surface area is 110 Å². The molecular weight excluding hydrogens is 230 g/mol. The van der Waals surface area contributed by atoms with Crippen LogP contribution in [-0.2, 0) is 9.53 Å². The van der Waals surface area contributed by atoms with Gasteiger partial charge in [-0.25, -0.2) is 0 Å². The van der Waals surface area contributed by atoms with Gasteiger partial charge in [-0.15, -0.1) is 0 Å². The first-order valence-electron chi connectivity index (χ1n) is 6.87. The molecule has 0 bridgehead atoms. The normalized spacial score (nSPS) is 24.2. The first kappa shape index (κ1) is 15.4. The molecule has 2 unspecified atom stereocenters. The maximum absolute atomic E-state index is 11.9. The molecule has 106 valence electrons. The number of carbonyl (C=O) groups is 1. The lowest BCUT2D eigenvalue weighted by molar-refractivity contribution is -0.126. The van der Waals surface area contributed by atoms with E-state index in [0.717, 1.165) is 32.2 Å². The molecule has 0 spiro atoms. The Kier molecular flexibility index (Phi) is 7.23. The molecule has 0 heterocycles. The molecule has 0 radical (unpaired) electrons. The van der Waals surface area contributed by atoms with Crippen molar-refractivity contribution in [3.63, 3.8) is 0 Å². The molecule has 18 heavy (non-hydrogen) atoms. The van der Waals surface area contributed by atoms with Crippen molar-refractivity contribution < 1.29 is 9.53 Å². The molecule has 0 saturated heterocycles. The smallest absolute Gasteiger partial charge is 0.224 e. The standard InChI is InChI=1S/C13H27N3O2/c1-16(2)8-10-18-9-7-15-13(17)11-5-3-4-6-12(11)14/h11-12H,3-10,14H2,1-2H3,(H,15,17). The van der Waals surface area contributed by atoms with Crippen molar-refractivity contribution in [2.45, 2.75) is 31.7 Å². The number of hydrogen-bond acceptors (Lipinski definition) is 4. The molecule has 1 amide bonds. The summed E-state index contributed by atoms with van der Waals surface area (Å²) in [6.45, 7) is 2.75. The number of amides is 1. The van der Waals surface area contributed by atoms with Crippen LogP contribution in [0.4, 0.5) is 0 Å². The lowest BCUT2D eigenvalue weighted by Crippen LogP contribution is -2.44. The minimum Gasteiger partial charge on any atom is -0.378 e. The molecule has 5 nitrogen and oxygen atoms in total. The van der Waals surface area contributed by atoms with Crippen molar-refractivity contribution in [2.75, 3.05) is 40.4 Å². The fourth-order valence-electron chi connectivity index (χ4n) is 2.21. The van der Waals surface area contributed by atoms with Gasteiger partial charge in [0, 0.05) is 19.1 Å². The van der Waals surface area contributed by atoms with Gasteiger partial charge in [0.2, 0.25) is 5.91 Å². The molecule has 1 saturated carbocycles. The summed E-state index contributed by atoms with van der Waals surface area (Å²) in [6, 6.07) is 0.0356. The third-order valence-corrected chi connectivity index (χ3v) is 3.38. The van der Waals surface area contributed by atoms with Crippen LogP contribution in [0.2, 0.25) is 0 Å². The number of nitrogens with zero attached hydrogens (tertiary/aromatic N) is 1. The Hall–Kier alpha value is -0.650. The third kappa shape index (κ3) is 5.80. The fraction of sp³-hybridized carbons (Fsp3) is 0.923. The Balaban J connectivity index is 2.06. The van der Waals surface area contributed by atoms with Crippen molar-refractivity contribution in [1.29, 1.82) is 0 Å². The number of likely N-dealkylation sites (N-methyl/N-ethyl adjacent to an activating group) is 1. The van der Waals surface area contributed by atoms with E-state index in [9.17, 15) is 4.79 Å². The second kappa shape index (κ2) is 8.45. The quantitative estimate of drug-likeness (QED) is 0.639. The molecule has 5 heteroatoms. The van der Waals surface area contributed by atoms with Crippen molar-refractivity contribution in [1.82, 2.24) is 10.2 Å². The topological polar surface area (TPSA) is 67.6 Å². The van der Waals surface area contributed by atoms with E-state index in [4.69, 9.17) is 10.5 Å². The van der Waals surface area contributed by atoms with Gasteiger partial charge in [0.15, 0.2) is 0 Å². The zero-order valence-corrected chi connectivity index (χ0v) is 11.7. The van der Waals surface area contributed by atoms with E-state index in [-0.39, 0.29) is 17.9 Å². The van der Waals surface area contributed by atoms with Crippen LogP contribution in [-0.4, -0.2) is 57.2 Å². The molecule has 0 aliphatic heterocycles. The van der Waals surface area contributed by atoms with E-state index in [1.807, 2.05) is 14.1 Å². The Morgan fingerprint density at radius 2 is 2.06 bits per heavy atom. The number of hydrogen-bond donors (Lipinski definition) is 2. The van der Waals surface area contributed by atoms with Crippen molar-refractivity contribution >= 4 is 5.91 Å². The van der Waals surface area contributed by atoms with E-state index in [0.29, 0.717) is 19.8 Å². The molecule has 2 atom stereocenters. The van der Waals surface area contributed by atoms with Gasteiger partial charge in [0.25, 0.3) is 0 Å². The highest BCUT2D eigenvalue weighted by Crippen LogP contribution is 2.22. The van der Waals surface area contributed by atoms with Crippen LogP contribution in [0.25, 0.3) is 0 Å². The summed E-state index contributed by atoms with van der Waals surface area (Å²) in [5.41, 5.74) is 5.97. The summed E-state index contributed by atoms with van der Waals surface area (Å²) in [5.74, 6) is 0.0962. The van der Waals surface area contributed by atoms with Crippen LogP contribution in [0.3, 0.4) is 0 Å². The number of ether oxygens (including phenoxy) is 1. The van der Waals surface area contributed by atoms with Crippen molar-refractivity contribution in [3.05, 3.63) is 0 Å². The van der Waals surface area contributed by atoms with Gasteiger partial charge in [-0.05, 0) is 26.9 Å². The van der Waals surface area contributed by atoms with Crippen LogP contribution in [0.1, 0.15) is 25.7 Å². The number of nitrogens with one attached hydrogen (secondary N) is 1. The average Bonchev–Trinajstić information content (AvgIpc) is 2.33. The zero-order chi connectivity index (χ0) is 13.4. The molecule has 3 N–H and O–H groups in total. The maximum atomic E-state index is 11.9. The van der Waals surface area contributed by atoms with E-state index in [1.165, 1.54) is 0 Å². The van der Waals surface area contributed by atoms with E-state index in [2.05, 4.69) is 10.2 Å². The summed E-state index contributed by atoms with van der Waals surface area (Å²) >= 11 is 0. The van der Waals surface area contributed by atoms with Gasteiger partial charge >= 0.3 is 0 Å². The molecule has 1 rings (SSSR count). The first-order chi connectivity index (χ1) is 8.61. The Bertz CT molecular complexity index is 246. The average molecular weight is 257 g/mol. The van der Waals surface area contributed by atoms with Crippen molar-refractivity contribution in [2.24, 2.45) is 11.7 Å². The minimum atomic E-state index is 0.000486. The zero-order valence-electron chi connectivity index (χ0n) is 11.7. The lowest BCUT2D eigenvalue weighted by Gasteiger charge is -2.27. The van der Waals surface area contributed by atoms with Crippen LogP contribution >= 0.6 is 0 Å². The molecule has 0 aromatic carbocycles. The molecule has 1 fully saturated rings. The monoisotopic (exact) mass is 257 g/mol. The molecule has 1 aliphatic rings. The number of rotatable bonds is 7. The van der Waals surface area contributed by atoms with Crippen LogP contribution in [0.5, 0.6) is 0 Å². The van der Waals surface area contributed by atoms with E-state index in [1.54, 1.807) is 0 Å². The van der Waals surface area contributed by atoms with Gasteiger partial charge in [-0.1, -0.05) is 12.8 Å². The Morgan fingerprint density at radius 1 is 1.33 bits per heavy atom. The minimum absolute atomic E-state index is 0.000486. The Morgan fingerprint density at radius 3 is 2.72 bits per heavy atom. The SMILES string of the molecule is CN(C)CCOCCNC(=O)C1CCCCC1N. The van der Waals surface area contributed by atoms with Gasteiger partial charge in [0.1, 0.15) is 0 Å². The summed E-state index contributed by atoms with van der Waals surface area (Å²) in [7, 11) is 4.02. The van der Waals surface area contributed by atoms with E-state index < -0.39 is 0 Å². The molecular formula is C13H27N3O2. The van der Waals surface area contributed by atoms with Crippen LogP contribution in [0, 0.1) is 5.92 Å². The summed E-state index contributed by atoms with van der Waals surface area (Å²) in [4.78, 5) is 14.0. The fourth-order valence-corrected chi connectivity index (χ4v) is 2.21. The summed E-state index contributed by atoms with van der Waals surface area (Å²) in [6.07, 6.45) is 4.16. The summed E-state index contributed by atoms with van der Waals surface area (Å²) in [5, 5.41) is 2.91. The predicted octanol–water partition coefficient (Wildman–Crippen LogP) is 0.198. The van der Waals surface area contributed by atoms with Gasteiger partial charge in [0.05, 0.1) is 19.1 Å². The second-order valence-corrected chi connectivity index (χ2v) is 5.26. The molecule has 0 aromatic rings. The molecule has 1 aliphatic carbocycles. The second-order valence-electron chi connectivity index (χ2n) is 5.26. The highest BCUT2D eigenvalue weighted by atomic mass is 16.5. The highest BCUT2D eigenvalue weighted by Gasteiger charge is 2.27. The number of nitrogens with two attached hydrogens (primary N) is 1. The number of carbonyl (C=O) groups excluding carboxylic acids is 1.